The number of halogens is 2. The standard InChI is InChI=1S/C32H26BrClN2O6S/c1-3-40-26(37)18-42-24-15-10-19(16-23(24)33)17-25-30(38)36-29(21-11-13-22(34)14-12-21)27(31(39)41-4-2)28(35-32(36)43-25)20-8-6-5-7-9-20/h5-17,29H,3-4,18H2,1-2H3/b25-17-/t29-/m1/s1. The summed E-state index contributed by atoms with van der Waals surface area (Å²) in [6, 6.07) is 20.9. The molecule has 8 nitrogen and oxygen atoms in total. The third-order valence-corrected chi connectivity index (χ3v) is 8.32. The van der Waals surface area contributed by atoms with E-state index in [9.17, 15) is 14.4 Å². The average Bonchev–Trinajstić information content (AvgIpc) is 3.31. The Hall–Kier alpha value is -3.99. The van der Waals surface area contributed by atoms with Gasteiger partial charge in [0.05, 0.1) is 39.5 Å². The molecule has 5 rings (SSSR count). The summed E-state index contributed by atoms with van der Waals surface area (Å²) in [5.74, 6) is -0.561. The van der Waals surface area contributed by atoms with Crippen LogP contribution in [0.1, 0.15) is 36.6 Å². The minimum atomic E-state index is -0.796. The van der Waals surface area contributed by atoms with Gasteiger partial charge in [0.15, 0.2) is 11.4 Å². The fourth-order valence-corrected chi connectivity index (χ4v) is 6.25. The molecule has 0 radical (unpaired) electrons. The number of ether oxygens (including phenoxy) is 3. The Morgan fingerprint density at radius 2 is 1.74 bits per heavy atom. The Kier molecular flexibility index (Phi) is 9.59. The van der Waals surface area contributed by atoms with Crippen molar-refractivity contribution in [1.82, 2.24) is 4.57 Å². The zero-order valence-electron chi connectivity index (χ0n) is 23.2. The van der Waals surface area contributed by atoms with E-state index >= 15 is 0 Å². The normalized spacial score (nSPS) is 14.6. The predicted molar refractivity (Wildman–Crippen MR) is 169 cm³/mol. The van der Waals surface area contributed by atoms with Gasteiger partial charge >= 0.3 is 11.9 Å². The molecule has 43 heavy (non-hydrogen) atoms. The molecule has 0 unspecified atom stereocenters. The minimum absolute atomic E-state index is 0.163. The summed E-state index contributed by atoms with van der Waals surface area (Å²) >= 11 is 10.9. The summed E-state index contributed by atoms with van der Waals surface area (Å²) < 4.78 is 18.5. The molecule has 0 saturated carbocycles. The van der Waals surface area contributed by atoms with Gasteiger partial charge in [-0.1, -0.05) is 71.5 Å². The van der Waals surface area contributed by atoms with Crippen LogP contribution in [0.2, 0.25) is 5.02 Å². The summed E-state index contributed by atoms with van der Waals surface area (Å²) in [6.07, 6.45) is 1.75. The predicted octanol–water partition coefficient (Wildman–Crippen LogP) is 5.29. The summed E-state index contributed by atoms with van der Waals surface area (Å²) in [4.78, 5) is 44.5. The summed E-state index contributed by atoms with van der Waals surface area (Å²) in [7, 11) is 0. The molecule has 1 aliphatic rings. The highest BCUT2D eigenvalue weighted by Crippen LogP contribution is 2.35. The lowest BCUT2D eigenvalue weighted by molar-refractivity contribution is -0.145. The van der Waals surface area contributed by atoms with Crippen molar-refractivity contribution in [3.05, 3.63) is 124 Å². The van der Waals surface area contributed by atoms with E-state index in [0.717, 1.165) is 11.1 Å². The number of hydrogen-bond donors (Lipinski definition) is 0. The lowest BCUT2D eigenvalue weighted by Gasteiger charge is -2.25. The molecule has 3 aromatic carbocycles. The molecule has 0 bridgehead atoms. The molecule has 2 heterocycles. The maximum atomic E-state index is 14.0. The largest absolute Gasteiger partial charge is 0.481 e. The second-order valence-electron chi connectivity index (χ2n) is 9.27. The van der Waals surface area contributed by atoms with Crippen molar-refractivity contribution in [3.8, 4) is 5.75 Å². The third-order valence-electron chi connectivity index (χ3n) is 6.46. The Morgan fingerprint density at radius 3 is 2.42 bits per heavy atom. The molecule has 1 atom stereocenters. The van der Waals surface area contributed by atoms with Gasteiger partial charge in [-0.25, -0.2) is 14.6 Å². The highest BCUT2D eigenvalue weighted by atomic mass is 79.9. The second-order valence-corrected chi connectivity index (χ2v) is 11.6. The van der Waals surface area contributed by atoms with E-state index in [1.54, 1.807) is 62.4 Å². The number of esters is 2. The number of aromatic nitrogens is 1. The molecule has 1 aromatic heterocycles. The molecule has 0 amide bonds. The van der Waals surface area contributed by atoms with Gasteiger partial charge in [-0.3, -0.25) is 9.36 Å². The van der Waals surface area contributed by atoms with Gasteiger partial charge < -0.3 is 14.2 Å². The van der Waals surface area contributed by atoms with Crippen LogP contribution in [0, 0.1) is 0 Å². The summed E-state index contributed by atoms with van der Waals surface area (Å²) in [6.45, 7) is 3.67. The number of hydrogen-bond acceptors (Lipinski definition) is 8. The quantitative estimate of drug-likeness (QED) is 0.223. The monoisotopic (exact) mass is 680 g/mol. The molecule has 220 valence electrons. The Bertz CT molecular complexity index is 1880. The minimum Gasteiger partial charge on any atom is -0.481 e. The number of fused-ring (bicyclic) bond motifs is 1. The second kappa shape index (κ2) is 13.5. The van der Waals surface area contributed by atoms with Crippen LogP contribution in [-0.4, -0.2) is 36.3 Å². The van der Waals surface area contributed by atoms with Gasteiger partial charge in [0.1, 0.15) is 5.75 Å². The average molecular weight is 682 g/mol. The Labute approximate surface area is 264 Å². The molecule has 0 N–H and O–H groups in total. The topological polar surface area (TPSA) is 96.2 Å². The van der Waals surface area contributed by atoms with Gasteiger partial charge in [-0.05, 0) is 71.2 Å². The highest BCUT2D eigenvalue weighted by molar-refractivity contribution is 9.10. The van der Waals surface area contributed by atoms with Gasteiger partial charge in [0.2, 0.25) is 0 Å². The molecular formula is C32H26BrClN2O6S. The van der Waals surface area contributed by atoms with E-state index in [4.69, 9.17) is 30.8 Å². The van der Waals surface area contributed by atoms with E-state index < -0.39 is 18.0 Å². The van der Waals surface area contributed by atoms with Gasteiger partial charge in [-0.15, -0.1) is 0 Å². The van der Waals surface area contributed by atoms with Crippen molar-refractivity contribution in [3.63, 3.8) is 0 Å². The van der Waals surface area contributed by atoms with Gasteiger partial charge in [-0.2, -0.15) is 0 Å². The zero-order chi connectivity index (χ0) is 30.5. The molecular weight excluding hydrogens is 656 g/mol. The first-order valence-corrected chi connectivity index (χ1v) is 15.4. The van der Waals surface area contributed by atoms with Crippen LogP contribution < -0.4 is 19.6 Å². The van der Waals surface area contributed by atoms with Crippen molar-refractivity contribution < 1.29 is 23.8 Å². The van der Waals surface area contributed by atoms with Crippen LogP contribution in [0.5, 0.6) is 5.75 Å². The number of carbonyl (C=O) groups is 2. The number of thiazole rings is 1. The van der Waals surface area contributed by atoms with Crippen LogP contribution in [-0.2, 0) is 19.1 Å². The van der Waals surface area contributed by atoms with Crippen LogP contribution in [0.15, 0.2) is 92.6 Å². The van der Waals surface area contributed by atoms with Crippen molar-refractivity contribution in [1.29, 1.82) is 0 Å². The third kappa shape index (κ3) is 6.66. The van der Waals surface area contributed by atoms with Crippen LogP contribution in [0.3, 0.4) is 0 Å². The van der Waals surface area contributed by atoms with E-state index in [1.165, 1.54) is 15.9 Å². The first kappa shape index (κ1) is 30.5. The SMILES string of the molecule is CCOC(=O)COc1ccc(/C=c2\sc3n(c2=O)[C@H](c2ccc(Cl)cc2)C(C(=O)OCC)=C(c2ccccc2)N=3)cc1Br. The first-order valence-electron chi connectivity index (χ1n) is 13.4. The van der Waals surface area contributed by atoms with Crippen LogP contribution in [0.4, 0.5) is 0 Å². The van der Waals surface area contributed by atoms with E-state index in [2.05, 4.69) is 15.9 Å². The smallest absolute Gasteiger partial charge is 0.344 e. The fourth-order valence-electron chi connectivity index (χ4n) is 4.62. The van der Waals surface area contributed by atoms with Crippen molar-refractivity contribution in [2.75, 3.05) is 19.8 Å². The molecule has 0 spiro atoms. The molecule has 0 fully saturated rings. The molecule has 0 saturated heterocycles. The van der Waals surface area contributed by atoms with Crippen molar-refractivity contribution in [2.45, 2.75) is 19.9 Å². The maximum absolute atomic E-state index is 14.0. The summed E-state index contributed by atoms with van der Waals surface area (Å²) in [5.41, 5.74) is 2.53. The summed E-state index contributed by atoms with van der Waals surface area (Å²) in [5, 5.41) is 0.529. The number of carbonyl (C=O) groups excluding carboxylic acids is 2. The lowest BCUT2D eigenvalue weighted by Crippen LogP contribution is -2.40. The lowest BCUT2D eigenvalue weighted by atomic mass is 9.93. The molecule has 0 aliphatic carbocycles. The van der Waals surface area contributed by atoms with E-state index in [0.29, 0.717) is 35.8 Å². The van der Waals surface area contributed by atoms with E-state index in [1.807, 2.05) is 30.3 Å². The molecule has 4 aromatic rings. The fraction of sp³-hybridized carbons (Fsp3) is 0.188. The molecule has 1 aliphatic heterocycles. The van der Waals surface area contributed by atoms with Gasteiger partial charge in [0.25, 0.3) is 5.56 Å². The van der Waals surface area contributed by atoms with Crippen LogP contribution >= 0.6 is 38.9 Å². The van der Waals surface area contributed by atoms with Gasteiger partial charge in [0, 0.05) is 10.6 Å². The zero-order valence-corrected chi connectivity index (χ0v) is 26.4. The Balaban J connectivity index is 1.65. The Morgan fingerprint density at radius 1 is 1.02 bits per heavy atom. The van der Waals surface area contributed by atoms with Crippen LogP contribution in [0.25, 0.3) is 11.8 Å². The van der Waals surface area contributed by atoms with E-state index in [-0.39, 0.29) is 31.0 Å². The first-order chi connectivity index (χ1) is 20.8. The van der Waals surface area contributed by atoms with Crippen molar-refractivity contribution >= 4 is 62.6 Å². The van der Waals surface area contributed by atoms with Crippen molar-refractivity contribution in [2.24, 2.45) is 4.99 Å². The molecule has 11 heteroatoms. The number of rotatable bonds is 9. The number of benzene rings is 3. The number of nitrogens with zero attached hydrogens (tertiary/aromatic N) is 2. The highest BCUT2D eigenvalue weighted by Gasteiger charge is 2.35. The maximum Gasteiger partial charge on any atom is 0.344 e.